The van der Waals surface area contributed by atoms with Crippen LogP contribution >= 0.6 is 0 Å². The minimum absolute atomic E-state index is 0.0588. The number of amides is 2. The van der Waals surface area contributed by atoms with Crippen LogP contribution < -0.4 is 5.32 Å². The molecule has 0 bridgehead atoms. The number of imide groups is 1. The van der Waals surface area contributed by atoms with Crippen LogP contribution in [0.4, 0.5) is 0 Å². The molecule has 1 aliphatic heterocycles. The van der Waals surface area contributed by atoms with Crippen LogP contribution in [0.3, 0.4) is 0 Å². The quantitative estimate of drug-likeness (QED) is 0.805. The van der Waals surface area contributed by atoms with E-state index in [-0.39, 0.29) is 23.9 Å². The van der Waals surface area contributed by atoms with Crippen LogP contribution in [0, 0.1) is 0 Å². The maximum atomic E-state index is 11.9. The highest BCUT2D eigenvalue weighted by Crippen LogP contribution is 2.17. The molecule has 0 aliphatic carbocycles. The summed E-state index contributed by atoms with van der Waals surface area (Å²) in [6, 6.07) is 3.61. The molecule has 2 rings (SSSR count). The summed E-state index contributed by atoms with van der Waals surface area (Å²) in [6.45, 7) is 2.00. The Balaban J connectivity index is 2.02. The van der Waals surface area contributed by atoms with Crippen molar-refractivity contribution >= 4 is 11.8 Å². The lowest BCUT2D eigenvalue weighted by Gasteiger charge is -2.30. The average molecular weight is 247 g/mol. The normalized spacial score (nSPS) is 22.1. The summed E-state index contributed by atoms with van der Waals surface area (Å²) in [5, 5.41) is 3.26. The molecule has 0 aromatic carbocycles. The summed E-state index contributed by atoms with van der Waals surface area (Å²) in [7, 11) is 1.54. The molecule has 1 aromatic heterocycles. The molecule has 2 atom stereocenters. The molecule has 1 aliphatic rings. The molecule has 2 unspecified atom stereocenters. The zero-order valence-electron chi connectivity index (χ0n) is 10.6. The number of carbonyl (C=O) groups is 2. The Bertz CT molecular complexity index is 447. The lowest BCUT2D eigenvalue weighted by molar-refractivity contribution is -0.148. The highest BCUT2D eigenvalue weighted by molar-refractivity contribution is 6.00. The first kappa shape index (κ1) is 12.7. The molecular formula is C13H17N3O2. The second-order valence-corrected chi connectivity index (χ2v) is 4.55. The summed E-state index contributed by atoms with van der Waals surface area (Å²) in [5.74, 6) is -0.248. The van der Waals surface area contributed by atoms with Gasteiger partial charge in [-0.3, -0.25) is 24.8 Å². The second kappa shape index (κ2) is 5.27. The SMILES string of the molecule is CC(NC1CCC(=O)N(C)C1=O)c1ccncc1. The van der Waals surface area contributed by atoms with E-state index in [2.05, 4.69) is 10.3 Å². The number of hydrogen-bond acceptors (Lipinski definition) is 4. The number of likely N-dealkylation sites (tertiary alicyclic amines) is 1. The van der Waals surface area contributed by atoms with Crippen LogP contribution in [-0.4, -0.2) is 34.8 Å². The van der Waals surface area contributed by atoms with Gasteiger partial charge in [0.25, 0.3) is 0 Å². The summed E-state index contributed by atoms with van der Waals surface area (Å²) >= 11 is 0. The van der Waals surface area contributed by atoms with Crippen molar-refractivity contribution in [3.63, 3.8) is 0 Å². The van der Waals surface area contributed by atoms with E-state index >= 15 is 0 Å². The predicted molar refractivity (Wildman–Crippen MR) is 66.6 cm³/mol. The van der Waals surface area contributed by atoms with Crippen molar-refractivity contribution in [2.45, 2.75) is 31.8 Å². The Morgan fingerprint density at radius 3 is 2.72 bits per heavy atom. The molecule has 2 heterocycles. The van der Waals surface area contributed by atoms with Crippen LogP contribution in [0.15, 0.2) is 24.5 Å². The van der Waals surface area contributed by atoms with Gasteiger partial charge < -0.3 is 0 Å². The summed E-state index contributed by atoms with van der Waals surface area (Å²) < 4.78 is 0. The first-order valence-corrected chi connectivity index (χ1v) is 6.06. The second-order valence-electron chi connectivity index (χ2n) is 4.55. The van der Waals surface area contributed by atoms with Gasteiger partial charge in [-0.25, -0.2) is 0 Å². The molecule has 0 radical (unpaired) electrons. The van der Waals surface area contributed by atoms with Crippen molar-refractivity contribution in [2.75, 3.05) is 7.05 Å². The van der Waals surface area contributed by atoms with Gasteiger partial charge in [0.05, 0.1) is 6.04 Å². The van der Waals surface area contributed by atoms with E-state index in [0.29, 0.717) is 12.8 Å². The lowest BCUT2D eigenvalue weighted by atomic mass is 10.0. The Hall–Kier alpha value is -1.75. The monoisotopic (exact) mass is 247 g/mol. The predicted octanol–water partition coefficient (Wildman–Crippen LogP) is 0.880. The number of piperidine rings is 1. The minimum Gasteiger partial charge on any atom is -0.299 e. The number of nitrogens with one attached hydrogen (secondary N) is 1. The summed E-state index contributed by atoms with van der Waals surface area (Å²) in [5.41, 5.74) is 1.08. The maximum absolute atomic E-state index is 11.9. The number of pyridine rings is 1. The molecule has 1 saturated heterocycles. The summed E-state index contributed by atoms with van der Waals surface area (Å²) in [4.78, 5) is 28.5. The molecule has 5 nitrogen and oxygen atoms in total. The smallest absolute Gasteiger partial charge is 0.246 e. The Morgan fingerprint density at radius 2 is 2.06 bits per heavy atom. The van der Waals surface area contributed by atoms with E-state index in [0.717, 1.165) is 5.56 Å². The van der Waals surface area contributed by atoms with Crippen LogP contribution in [-0.2, 0) is 9.59 Å². The van der Waals surface area contributed by atoms with E-state index in [1.807, 2.05) is 19.1 Å². The number of likely N-dealkylation sites (N-methyl/N-ethyl adjacent to an activating group) is 1. The van der Waals surface area contributed by atoms with Crippen LogP contribution in [0.2, 0.25) is 0 Å². The van der Waals surface area contributed by atoms with Crippen LogP contribution in [0.25, 0.3) is 0 Å². The zero-order valence-corrected chi connectivity index (χ0v) is 10.6. The van der Waals surface area contributed by atoms with Gasteiger partial charge in [-0.2, -0.15) is 0 Å². The Morgan fingerprint density at radius 1 is 1.39 bits per heavy atom. The molecule has 0 spiro atoms. The third-order valence-electron chi connectivity index (χ3n) is 3.31. The first-order chi connectivity index (χ1) is 8.59. The zero-order chi connectivity index (χ0) is 13.1. The van der Waals surface area contributed by atoms with E-state index in [9.17, 15) is 9.59 Å². The van der Waals surface area contributed by atoms with E-state index in [4.69, 9.17) is 0 Å². The minimum atomic E-state index is -0.282. The molecule has 2 amide bonds. The largest absolute Gasteiger partial charge is 0.299 e. The fraction of sp³-hybridized carbons (Fsp3) is 0.462. The van der Waals surface area contributed by atoms with Crippen molar-refractivity contribution in [1.82, 2.24) is 15.2 Å². The van der Waals surface area contributed by atoms with Gasteiger partial charge in [0, 0.05) is 31.9 Å². The maximum Gasteiger partial charge on any atom is 0.246 e. The Kier molecular flexibility index (Phi) is 3.72. The molecule has 0 saturated carbocycles. The molecule has 1 N–H and O–H groups in total. The highest BCUT2D eigenvalue weighted by Gasteiger charge is 2.32. The van der Waals surface area contributed by atoms with Gasteiger partial charge in [0.1, 0.15) is 0 Å². The molecule has 5 heteroatoms. The van der Waals surface area contributed by atoms with Crippen molar-refractivity contribution < 1.29 is 9.59 Å². The van der Waals surface area contributed by atoms with E-state index in [1.54, 1.807) is 12.4 Å². The van der Waals surface area contributed by atoms with Crippen molar-refractivity contribution in [2.24, 2.45) is 0 Å². The number of carbonyl (C=O) groups excluding carboxylic acids is 2. The van der Waals surface area contributed by atoms with Gasteiger partial charge in [-0.15, -0.1) is 0 Å². The number of nitrogens with zero attached hydrogens (tertiary/aromatic N) is 2. The average Bonchev–Trinajstić information content (AvgIpc) is 2.40. The number of aromatic nitrogens is 1. The molecule has 1 aromatic rings. The van der Waals surface area contributed by atoms with Crippen LogP contribution in [0.1, 0.15) is 31.4 Å². The topological polar surface area (TPSA) is 62.3 Å². The van der Waals surface area contributed by atoms with Crippen LogP contribution in [0.5, 0.6) is 0 Å². The number of rotatable bonds is 3. The lowest BCUT2D eigenvalue weighted by Crippen LogP contribution is -2.51. The van der Waals surface area contributed by atoms with Crippen molar-refractivity contribution in [1.29, 1.82) is 0 Å². The van der Waals surface area contributed by atoms with Gasteiger partial charge in [-0.05, 0) is 31.0 Å². The van der Waals surface area contributed by atoms with Gasteiger partial charge in [0.15, 0.2) is 0 Å². The fourth-order valence-electron chi connectivity index (χ4n) is 2.12. The van der Waals surface area contributed by atoms with Crippen molar-refractivity contribution in [3.05, 3.63) is 30.1 Å². The van der Waals surface area contributed by atoms with Gasteiger partial charge in [0.2, 0.25) is 11.8 Å². The molecule has 96 valence electrons. The molecule has 18 heavy (non-hydrogen) atoms. The molecular weight excluding hydrogens is 230 g/mol. The third kappa shape index (κ3) is 2.56. The highest BCUT2D eigenvalue weighted by atomic mass is 16.2. The summed E-state index contributed by atoms with van der Waals surface area (Å²) in [6.07, 6.45) is 4.44. The standard InChI is InChI=1S/C13H17N3O2/c1-9(10-5-7-14-8-6-10)15-11-3-4-12(17)16(2)13(11)18/h5-9,11,15H,3-4H2,1-2H3. The van der Waals surface area contributed by atoms with Gasteiger partial charge >= 0.3 is 0 Å². The fourth-order valence-corrected chi connectivity index (χ4v) is 2.12. The van der Waals surface area contributed by atoms with Gasteiger partial charge in [-0.1, -0.05) is 0 Å². The third-order valence-corrected chi connectivity index (χ3v) is 3.31. The van der Waals surface area contributed by atoms with E-state index < -0.39 is 0 Å². The van der Waals surface area contributed by atoms with E-state index in [1.165, 1.54) is 11.9 Å². The Labute approximate surface area is 106 Å². The first-order valence-electron chi connectivity index (χ1n) is 6.06. The van der Waals surface area contributed by atoms with Crippen molar-refractivity contribution in [3.8, 4) is 0 Å². The number of hydrogen-bond donors (Lipinski definition) is 1. The molecule has 1 fully saturated rings.